The van der Waals surface area contributed by atoms with Gasteiger partial charge in [0.25, 0.3) is 11.6 Å². The number of nitro benzene ring substituents is 1. The number of aromatic nitrogens is 3. The van der Waals surface area contributed by atoms with E-state index in [2.05, 4.69) is 20.4 Å². The molecule has 0 saturated heterocycles. The number of non-ortho nitro benzene ring substituents is 1. The van der Waals surface area contributed by atoms with E-state index in [0.29, 0.717) is 24.1 Å². The van der Waals surface area contributed by atoms with E-state index in [1.165, 1.54) is 12.1 Å². The average Bonchev–Trinajstić information content (AvgIpc) is 3.11. The molecule has 0 atom stereocenters. The standard InChI is InChI=1S/C17H17N5O3/c1-11(2)16-20-17(25-21-16)13-7-8-18-15(9-13)19-10-12-3-5-14(6-4-12)22(23)24/h3-9,11H,10H2,1-2H3,(H,18,19). The molecule has 0 aliphatic heterocycles. The first kappa shape index (κ1) is 16.6. The van der Waals surface area contributed by atoms with Crippen LogP contribution in [0.15, 0.2) is 47.1 Å². The fraction of sp³-hybridized carbons (Fsp3) is 0.235. The van der Waals surface area contributed by atoms with Gasteiger partial charge in [0.05, 0.1) is 4.92 Å². The molecule has 25 heavy (non-hydrogen) atoms. The quantitative estimate of drug-likeness (QED) is 0.538. The van der Waals surface area contributed by atoms with E-state index in [9.17, 15) is 10.1 Å². The van der Waals surface area contributed by atoms with E-state index < -0.39 is 4.92 Å². The van der Waals surface area contributed by atoms with Gasteiger partial charge in [-0.05, 0) is 17.7 Å². The number of benzene rings is 1. The maximum atomic E-state index is 10.7. The lowest BCUT2D eigenvalue weighted by Gasteiger charge is -2.06. The van der Waals surface area contributed by atoms with Crippen LogP contribution in [0.2, 0.25) is 0 Å². The molecule has 3 aromatic rings. The summed E-state index contributed by atoms with van der Waals surface area (Å²) in [5.74, 6) is 1.95. The highest BCUT2D eigenvalue weighted by Gasteiger charge is 2.12. The van der Waals surface area contributed by atoms with Crippen molar-refractivity contribution in [3.8, 4) is 11.5 Å². The Morgan fingerprint density at radius 1 is 1.24 bits per heavy atom. The number of pyridine rings is 1. The van der Waals surface area contributed by atoms with Crippen LogP contribution < -0.4 is 5.32 Å². The SMILES string of the molecule is CC(C)c1noc(-c2ccnc(NCc3ccc([N+](=O)[O-])cc3)c2)n1. The van der Waals surface area contributed by atoms with Gasteiger partial charge in [-0.3, -0.25) is 10.1 Å². The topological polar surface area (TPSA) is 107 Å². The summed E-state index contributed by atoms with van der Waals surface area (Å²) in [5, 5.41) is 17.8. The summed E-state index contributed by atoms with van der Waals surface area (Å²) in [6, 6.07) is 10.0. The second-order valence-electron chi connectivity index (χ2n) is 5.82. The van der Waals surface area contributed by atoms with Crippen LogP contribution in [-0.4, -0.2) is 20.0 Å². The third-order valence-electron chi connectivity index (χ3n) is 3.59. The van der Waals surface area contributed by atoms with Gasteiger partial charge in [-0.25, -0.2) is 4.98 Å². The lowest BCUT2D eigenvalue weighted by atomic mass is 10.2. The van der Waals surface area contributed by atoms with E-state index in [1.807, 2.05) is 19.9 Å². The Kier molecular flexibility index (Phi) is 4.69. The maximum absolute atomic E-state index is 10.7. The molecule has 128 valence electrons. The minimum absolute atomic E-state index is 0.0706. The first-order valence-corrected chi connectivity index (χ1v) is 7.80. The number of hydrogen-bond acceptors (Lipinski definition) is 7. The van der Waals surface area contributed by atoms with Crippen LogP contribution in [0.25, 0.3) is 11.5 Å². The van der Waals surface area contributed by atoms with Crippen molar-refractivity contribution in [3.63, 3.8) is 0 Å². The van der Waals surface area contributed by atoms with Gasteiger partial charge in [0.1, 0.15) is 5.82 Å². The molecule has 1 N–H and O–H groups in total. The minimum Gasteiger partial charge on any atom is -0.366 e. The highest BCUT2D eigenvalue weighted by atomic mass is 16.6. The van der Waals surface area contributed by atoms with Crippen LogP contribution in [0.5, 0.6) is 0 Å². The molecule has 0 fully saturated rings. The molecule has 0 unspecified atom stereocenters. The number of nitrogens with zero attached hydrogens (tertiary/aromatic N) is 4. The summed E-state index contributed by atoms with van der Waals surface area (Å²) in [5.41, 5.74) is 1.76. The predicted octanol–water partition coefficient (Wildman–Crippen LogP) is 3.78. The van der Waals surface area contributed by atoms with E-state index >= 15 is 0 Å². The molecule has 1 aromatic carbocycles. The molecular weight excluding hydrogens is 322 g/mol. The Hall–Kier alpha value is -3.29. The van der Waals surface area contributed by atoms with Crippen molar-refractivity contribution in [2.45, 2.75) is 26.3 Å². The Balaban J connectivity index is 1.70. The molecule has 0 radical (unpaired) electrons. The monoisotopic (exact) mass is 339 g/mol. The number of nitrogens with one attached hydrogen (secondary N) is 1. The number of rotatable bonds is 6. The van der Waals surface area contributed by atoms with E-state index in [-0.39, 0.29) is 11.6 Å². The Bertz CT molecular complexity index is 874. The van der Waals surface area contributed by atoms with Crippen LogP contribution in [0.4, 0.5) is 11.5 Å². The normalized spacial score (nSPS) is 10.8. The van der Waals surface area contributed by atoms with Gasteiger partial charge in [0.15, 0.2) is 5.82 Å². The lowest BCUT2D eigenvalue weighted by Crippen LogP contribution is -2.01. The van der Waals surface area contributed by atoms with Crippen molar-refractivity contribution in [1.82, 2.24) is 15.1 Å². The lowest BCUT2D eigenvalue weighted by molar-refractivity contribution is -0.384. The largest absolute Gasteiger partial charge is 0.366 e. The van der Waals surface area contributed by atoms with Crippen molar-refractivity contribution in [2.24, 2.45) is 0 Å². The van der Waals surface area contributed by atoms with Crippen LogP contribution in [0.1, 0.15) is 31.2 Å². The van der Waals surface area contributed by atoms with Gasteiger partial charge in [-0.15, -0.1) is 0 Å². The molecule has 2 heterocycles. The fourth-order valence-electron chi connectivity index (χ4n) is 2.18. The van der Waals surface area contributed by atoms with E-state index in [1.54, 1.807) is 24.4 Å². The summed E-state index contributed by atoms with van der Waals surface area (Å²) in [4.78, 5) is 18.9. The zero-order valence-corrected chi connectivity index (χ0v) is 13.8. The molecule has 8 nitrogen and oxygen atoms in total. The number of anilines is 1. The van der Waals surface area contributed by atoms with Gasteiger partial charge in [0, 0.05) is 36.4 Å². The van der Waals surface area contributed by atoms with E-state index in [0.717, 1.165) is 11.1 Å². The molecule has 8 heteroatoms. The molecule has 0 bridgehead atoms. The highest BCUT2D eigenvalue weighted by Crippen LogP contribution is 2.22. The second kappa shape index (κ2) is 7.08. The molecule has 2 aromatic heterocycles. The van der Waals surface area contributed by atoms with Crippen molar-refractivity contribution >= 4 is 11.5 Å². The van der Waals surface area contributed by atoms with Gasteiger partial charge >= 0.3 is 0 Å². The van der Waals surface area contributed by atoms with Gasteiger partial charge in [-0.2, -0.15) is 4.98 Å². The third-order valence-corrected chi connectivity index (χ3v) is 3.59. The molecule has 0 spiro atoms. The molecule has 0 aliphatic rings. The van der Waals surface area contributed by atoms with Gasteiger partial charge in [-0.1, -0.05) is 31.1 Å². The van der Waals surface area contributed by atoms with Crippen LogP contribution in [0, 0.1) is 10.1 Å². The Morgan fingerprint density at radius 2 is 2.00 bits per heavy atom. The van der Waals surface area contributed by atoms with Crippen LogP contribution in [-0.2, 0) is 6.54 Å². The van der Waals surface area contributed by atoms with Gasteiger partial charge < -0.3 is 9.84 Å². The van der Waals surface area contributed by atoms with Crippen molar-refractivity contribution in [2.75, 3.05) is 5.32 Å². The highest BCUT2D eigenvalue weighted by molar-refractivity contribution is 5.58. The first-order chi connectivity index (χ1) is 12.0. The molecular formula is C17H17N5O3. The number of hydrogen-bond donors (Lipinski definition) is 1. The molecule has 0 saturated carbocycles. The Morgan fingerprint density at radius 3 is 2.64 bits per heavy atom. The fourth-order valence-corrected chi connectivity index (χ4v) is 2.18. The smallest absolute Gasteiger partial charge is 0.269 e. The predicted molar refractivity (Wildman–Crippen MR) is 92.0 cm³/mol. The third kappa shape index (κ3) is 3.97. The van der Waals surface area contributed by atoms with Crippen LogP contribution >= 0.6 is 0 Å². The zero-order chi connectivity index (χ0) is 17.8. The zero-order valence-electron chi connectivity index (χ0n) is 13.8. The van der Waals surface area contributed by atoms with Crippen molar-refractivity contribution < 1.29 is 9.45 Å². The van der Waals surface area contributed by atoms with Crippen LogP contribution in [0.3, 0.4) is 0 Å². The minimum atomic E-state index is -0.419. The molecule has 3 rings (SSSR count). The Labute approximate surface area is 144 Å². The molecule has 0 amide bonds. The maximum Gasteiger partial charge on any atom is 0.269 e. The molecule has 0 aliphatic carbocycles. The summed E-state index contributed by atoms with van der Waals surface area (Å²) >= 11 is 0. The summed E-state index contributed by atoms with van der Waals surface area (Å²) < 4.78 is 5.28. The number of nitro groups is 1. The summed E-state index contributed by atoms with van der Waals surface area (Å²) in [6.07, 6.45) is 1.66. The summed E-state index contributed by atoms with van der Waals surface area (Å²) in [6.45, 7) is 4.49. The van der Waals surface area contributed by atoms with Crippen molar-refractivity contribution in [1.29, 1.82) is 0 Å². The van der Waals surface area contributed by atoms with E-state index in [4.69, 9.17) is 4.52 Å². The summed E-state index contributed by atoms with van der Waals surface area (Å²) in [7, 11) is 0. The second-order valence-corrected chi connectivity index (χ2v) is 5.82. The average molecular weight is 339 g/mol. The van der Waals surface area contributed by atoms with Crippen molar-refractivity contribution in [3.05, 3.63) is 64.1 Å². The first-order valence-electron chi connectivity index (χ1n) is 7.80. The van der Waals surface area contributed by atoms with Gasteiger partial charge in [0.2, 0.25) is 0 Å².